The van der Waals surface area contributed by atoms with E-state index in [1.54, 1.807) is 26.0 Å². The first kappa shape index (κ1) is 19.7. The first-order valence-electron chi connectivity index (χ1n) is 4.84. The second kappa shape index (κ2) is 7.72. The van der Waals surface area contributed by atoms with Crippen molar-refractivity contribution in [2.24, 2.45) is 0 Å². The van der Waals surface area contributed by atoms with Crippen LogP contribution in [0.2, 0.25) is 0 Å². The molecule has 0 aromatic heterocycles. The fourth-order valence-corrected chi connectivity index (χ4v) is 1.98. The zero-order chi connectivity index (χ0) is 12.5. The van der Waals surface area contributed by atoms with E-state index >= 15 is 0 Å². The molecule has 0 unspecified atom stereocenters. The summed E-state index contributed by atoms with van der Waals surface area (Å²) in [6.45, 7) is 5.21. The van der Waals surface area contributed by atoms with Crippen LogP contribution >= 0.6 is 0 Å². The van der Waals surface area contributed by atoms with Gasteiger partial charge in [-0.05, 0) is 37.5 Å². The van der Waals surface area contributed by atoms with E-state index < -0.39 is 17.9 Å². The van der Waals surface area contributed by atoms with Crippen molar-refractivity contribution in [3.63, 3.8) is 0 Å². The number of aryl methyl sites for hydroxylation is 3. The molecule has 4 nitrogen and oxygen atoms in total. The van der Waals surface area contributed by atoms with Gasteiger partial charge in [0, 0.05) is 0 Å². The van der Waals surface area contributed by atoms with E-state index in [0.29, 0.717) is 11.1 Å². The van der Waals surface area contributed by atoms with Gasteiger partial charge in [-0.3, -0.25) is 0 Å². The Morgan fingerprint density at radius 3 is 1.56 bits per heavy atom. The van der Waals surface area contributed by atoms with Gasteiger partial charge in [-0.2, -0.15) is 0 Å². The predicted octanol–water partition coefficient (Wildman–Crippen LogP) is -6.80. The number of carboxylic acids is 2. The van der Waals surface area contributed by atoms with Crippen LogP contribution in [0.5, 0.6) is 0 Å². The van der Waals surface area contributed by atoms with E-state index in [1.165, 1.54) is 0 Å². The summed E-state index contributed by atoms with van der Waals surface area (Å²) in [6, 6.07) is 3.47. The van der Waals surface area contributed by atoms with Crippen molar-refractivity contribution in [1.29, 1.82) is 0 Å². The van der Waals surface area contributed by atoms with Crippen LogP contribution in [-0.2, 0) is 9.59 Å². The van der Waals surface area contributed by atoms with E-state index in [1.807, 2.05) is 6.92 Å². The number of hydrogen-bond acceptors (Lipinski definition) is 4. The first-order chi connectivity index (χ1) is 7.34. The molecule has 0 atom stereocenters. The van der Waals surface area contributed by atoms with Gasteiger partial charge in [0.15, 0.2) is 0 Å². The molecule has 0 aliphatic rings. The van der Waals surface area contributed by atoms with Gasteiger partial charge in [0.1, 0.15) is 0 Å². The Hall–Kier alpha value is -0.645. The fourth-order valence-electron chi connectivity index (χ4n) is 1.98. The molecule has 0 radical (unpaired) electrons. The van der Waals surface area contributed by atoms with Crippen LogP contribution in [0.25, 0.3) is 0 Å². The van der Waals surface area contributed by atoms with Crippen molar-refractivity contribution >= 4 is 11.9 Å². The zero-order valence-corrected chi connectivity index (χ0v) is 11.4. The standard InChI is InChI=1S/C12H14O4.2Li/c1-6-4-7(2)9(8(3)5-6)10(11(13)14)12(15)16;;/h4-5,10H,1-3H3,(H,13,14)(H,15,16);;/q;2*+1/p-2. The van der Waals surface area contributed by atoms with Gasteiger partial charge in [-0.1, -0.05) is 17.7 Å². The van der Waals surface area contributed by atoms with Crippen molar-refractivity contribution < 1.29 is 57.5 Å². The molecule has 0 amide bonds. The molecule has 0 heterocycles. The molecular weight excluding hydrogens is 222 g/mol. The van der Waals surface area contributed by atoms with E-state index in [2.05, 4.69) is 0 Å². The van der Waals surface area contributed by atoms with E-state index in [4.69, 9.17) is 0 Å². The number of carbonyl (C=O) groups is 2. The summed E-state index contributed by atoms with van der Waals surface area (Å²) in [4.78, 5) is 21.6. The Labute approximate surface area is 130 Å². The van der Waals surface area contributed by atoms with E-state index in [9.17, 15) is 19.8 Å². The topological polar surface area (TPSA) is 80.3 Å². The third-order valence-corrected chi connectivity index (χ3v) is 2.50. The van der Waals surface area contributed by atoms with E-state index in [0.717, 1.165) is 5.56 Å². The Balaban J connectivity index is 0. The molecule has 1 rings (SSSR count). The molecule has 0 spiro atoms. The molecule has 1 aromatic carbocycles. The van der Waals surface area contributed by atoms with Crippen LogP contribution in [0.15, 0.2) is 12.1 Å². The normalized spacial score (nSPS) is 9.33. The molecule has 0 N–H and O–H groups in total. The minimum absolute atomic E-state index is 0. The molecule has 0 saturated carbocycles. The van der Waals surface area contributed by atoms with Crippen molar-refractivity contribution in [1.82, 2.24) is 0 Å². The summed E-state index contributed by atoms with van der Waals surface area (Å²) in [5.41, 5.74) is 2.45. The average molecular weight is 234 g/mol. The second-order valence-electron chi connectivity index (χ2n) is 3.88. The number of hydrogen-bond donors (Lipinski definition) is 0. The third kappa shape index (κ3) is 4.23. The Morgan fingerprint density at radius 1 is 0.944 bits per heavy atom. The number of carbonyl (C=O) groups excluding carboxylic acids is 2. The third-order valence-electron chi connectivity index (χ3n) is 2.50. The molecule has 0 bridgehead atoms. The SMILES string of the molecule is Cc1cc(C)c(C(C(=O)[O-])C(=O)[O-])c(C)c1.[Li+].[Li+]. The summed E-state index contributed by atoms with van der Waals surface area (Å²) < 4.78 is 0. The fraction of sp³-hybridized carbons (Fsp3) is 0.333. The number of rotatable bonds is 3. The van der Waals surface area contributed by atoms with Crippen LogP contribution in [0.4, 0.5) is 0 Å². The first-order valence-corrected chi connectivity index (χ1v) is 4.84. The number of aliphatic carboxylic acids is 2. The van der Waals surface area contributed by atoms with Crippen LogP contribution < -0.4 is 47.9 Å². The minimum atomic E-state index is -1.71. The van der Waals surface area contributed by atoms with Gasteiger partial charge in [0.2, 0.25) is 0 Å². The van der Waals surface area contributed by atoms with Crippen LogP contribution in [0, 0.1) is 20.8 Å². The number of benzene rings is 1. The largest absolute Gasteiger partial charge is 1.00 e. The van der Waals surface area contributed by atoms with E-state index in [-0.39, 0.29) is 43.3 Å². The maximum atomic E-state index is 10.8. The van der Waals surface area contributed by atoms with Gasteiger partial charge in [0.05, 0.1) is 17.9 Å². The van der Waals surface area contributed by atoms with Crippen molar-refractivity contribution in [3.05, 3.63) is 34.4 Å². The average Bonchev–Trinajstić information content (AvgIpc) is 2.09. The quantitative estimate of drug-likeness (QED) is 0.384. The molecule has 1 aromatic rings. The Kier molecular flexibility index (Phi) is 8.44. The smallest absolute Gasteiger partial charge is 0.549 e. The van der Waals surface area contributed by atoms with Crippen molar-refractivity contribution in [2.45, 2.75) is 26.7 Å². The summed E-state index contributed by atoms with van der Waals surface area (Å²) in [5, 5.41) is 21.6. The molecule has 0 saturated heterocycles. The maximum absolute atomic E-state index is 10.8. The van der Waals surface area contributed by atoms with Crippen LogP contribution in [-0.4, -0.2) is 11.9 Å². The molecule has 0 fully saturated rings. The monoisotopic (exact) mass is 234 g/mol. The van der Waals surface area contributed by atoms with Crippen LogP contribution in [0.1, 0.15) is 28.2 Å². The van der Waals surface area contributed by atoms with Gasteiger partial charge < -0.3 is 19.8 Å². The van der Waals surface area contributed by atoms with Gasteiger partial charge in [-0.25, -0.2) is 0 Å². The van der Waals surface area contributed by atoms with Crippen LogP contribution in [0.3, 0.4) is 0 Å². The molecule has 0 aliphatic heterocycles. The maximum Gasteiger partial charge on any atom is 1.00 e. The van der Waals surface area contributed by atoms with Gasteiger partial charge in [0.25, 0.3) is 0 Å². The van der Waals surface area contributed by atoms with Gasteiger partial charge >= 0.3 is 37.7 Å². The molecule has 18 heavy (non-hydrogen) atoms. The molecular formula is C12H12Li2O4. The molecule has 0 aliphatic carbocycles. The zero-order valence-electron chi connectivity index (χ0n) is 11.4. The summed E-state index contributed by atoms with van der Waals surface area (Å²) >= 11 is 0. The second-order valence-corrected chi connectivity index (χ2v) is 3.88. The summed E-state index contributed by atoms with van der Waals surface area (Å²) in [6.07, 6.45) is 0. The summed E-state index contributed by atoms with van der Waals surface area (Å²) in [7, 11) is 0. The summed E-state index contributed by atoms with van der Waals surface area (Å²) in [5.74, 6) is -4.99. The van der Waals surface area contributed by atoms with Crippen molar-refractivity contribution in [3.8, 4) is 0 Å². The predicted molar refractivity (Wildman–Crippen MR) is 53.4 cm³/mol. The molecule has 6 heteroatoms. The minimum Gasteiger partial charge on any atom is -0.549 e. The molecule has 86 valence electrons. The number of carboxylic acid groups (broad SMARTS) is 2. The van der Waals surface area contributed by atoms with Crippen molar-refractivity contribution in [2.75, 3.05) is 0 Å². The Morgan fingerprint density at radius 2 is 1.28 bits per heavy atom. The Bertz CT molecular complexity index is 420. The van der Waals surface area contributed by atoms with Gasteiger partial charge in [-0.15, -0.1) is 0 Å².